The first-order valence-electron chi connectivity index (χ1n) is 8.93. The maximum atomic E-state index is 12.0. The Kier molecular flexibility index (Phi) is 7.89. The number of hydrogen-bond donors (Lipinski definition) is 2. The summed E-state index contributed by atoms with van der Waals surface area (Å²) >= 11 is 0. The first-order valence-corrected chi connectivity index (χ1v) is 8.93. The Labute approximate surface area is 145 Å². The molecule has 2 N–H and O–H groups in total. The van der Waals surface area contributed by atoms with E-state index < -0.39 is 0 Å². The number of benzene rings is 1. The van der Waals surface area contributed by atoms with Gasteiger partial charge in [-0.3, -0.25) is 4.79 Å². The summed E-state index contributed by atoms with van der Waals surface area (Å²) in [4.78, 5) is 12.0. The van der Waals surface area contributed by atoms with Crippen molar-refractivity contribution in [2.75, 3.05) is 33.4 Å². The number of nitrogens with one attached hydrogen (secondary N) is 2. The van der Waals surface area contributed by atoms with Crippen molar-refractivity contribution < 1.29 is 14.3 Å². The third-order valence-electron chi connectivity index (χ3n) is 4.60. The summed E-state index contributed by atoms with van der Waals surface area (Å²) in [6.07, 6.45) is 3.86. The fraction of sp³-hybridized carbons (Fsp3) is 0.632. The molecule has 2 unspecified atom stereocenters. The zero-order valence-electron chi connectivity index (χ0n) is 14.8. The fourth-order valence-corrected chi connectivity index (χ4v) is 3.08. The minimum absolute atomic E-state index is 0.148. The van der Waals surface area contributed by atoms with Gasteiger partial charge in [-0.25, -0.2) is 0 Å². The summed E-state index contributed by atoms with van der Waals surface area (Å²) in [5, 5.41) is 6.41. The number of carbonyl (C=O) groups is 1. The summed E-state index contributed by atoms with van der Waals surface area (Å²) in [6.45, 7) is 5.57. The molecule has 2 atom stereocenters. The van der Waals surface area contributed by atoms with Gasteiger partial charge in [0.1, 0.15) is 11.5 Å². The Morgan fingerprint density at radius 2 is 2.25 bits per heavy atom. The number of ether oxygens (including phenoxy) is 2. The van der Waals surface area contributed by atoms with Crippen LogP contribution in [0.25, 0.3) is 0 Å². The molecule has 1 saturated heterocycles. The number of amides is 1. The summed E-state index contributed by atoms with van der Waals surface area (Å²) in [5.74, 6) is 2.78. The molecule has 5 nitrogen and oxygen atoms in total. The van der Waals surface area contributed by atoms with Crippen LogP contribution in [-0.4, -0.2) is 39.3 Å². The normalized spacial score (nSPS) is 18.7. The van der Waals surface area contributed by atoms with Crippen LogP contribution in [0.1, 0.15) is 32.6 Å². The van der Waals surface area contributed by atoms with Gasteiger partial charge < -0.3 is 20.1 Å². The summed E-state index contributed by atoms with van der Waals surface area (Å²) in [5.41, 5.74) is 0. The van der Waals surface area contributed by atoms with Gasteiger partial charge in [-0.15, -0.1) is 0 Å². The van der Waals surface area contributed by atoms with E-state index in [0.717, 1.165) is 31.0 Å². The lowest BCUT2D eigenvalue weighted by Crippen LogP contribution is -2.35. The zero-order chi connectivity index (χ0) is 17.2. The van der Waals surface area contributed by atoms with E-state index in [0.29, 0.717) is 31.4 Å². The SMILES string of the molecule is COc1cccc(OCCCNC(=O)CC(C)C2CCCNC2)c1. The Bertz CT molecular complexity index is 501. The number of rotatable bonds is 9. The van der Waals surface area contributed by atoms with Gasteiger partial charge in [0.15, 0.2) is 0 Å². The third-order valence-corrected chi connectivity index (χ3v) is 4.60. The van der Waals surface area contributed by atoms with Crippen LogP contribution in [0, 0.1) is 11.8 Å². The molecule has 0 spiro atoms. The molecule has 1 amide bonds. The van der Waals surface area contributed by atoms with Gasteiger partial charge in [-0.05, 0) is 56.3 Å². The molecule has 1 aromatic carbocycles. The van der Waals surface area contributed by atoms with E-state index in [9.17, 15) is 4.79 Å². The number of methoxy groups -OCH3 is 1. The smallest absolute Gasteiger partial charge is 0.220 e. The molecule has 1 fully saturated rings. The van der Waals surface area contributed by atoms with E-state index in [1.165, 1.54) is 12.8 Å². The van der Waals surface area contributed by atoms with Crippen LogP contribution in [0.5, 0.6) is 11.5 Å². The van der Waals surface area contributed by atoms with Crippen LogP contribution < -0.4 is 20.1 Å². The predicted octanol–water partition coefficient (Wildman–Crippen LogP) is 2.61. The highest BCUT2D eigenvalue weighted by molar-refractivity contribution is 5.76. The highest BCUT2D eigenvalue weighted by atomic mass is 16.5. The van der Waals surface area contributed by atoms with Crippen molar-refractivity contribution in [1.82, 2.24) is 10.6 Å². The number of hydrogen-bond acceptors (Lipinski definition) is 4. The maximum Gasteiger partial charge on any atom is 0.220 e. The monoisotopic (exact) mass is 334 g/mol. The fourth-order valence-electron chi connectivity index (χ4n) is 3.08. The first kappa shape index (κ1) is 18.6. The van der Waals surface area contributed by atoms with Gasteiger partial charge in [-0.2, -0.15) is 0 Å². The molecule has 0 bridgehead atoms. The average Bonchev–Trinajstić information content (AvgIpc) is 2.62. The molecule has 0 aliphatic carbocycles. The summed E-state index contributed by atoms with van der Waals surface area (Å²) < 4.78 is 10.8. The molecular formula is C19H30N2O3. The van der Waals surface area contributed by atoms with Gasteiger partial charge in [0.2, 0.25) is 5.91 Å². The van der Waals surface area contributed by atoms with E-state index in [1.807, 2.05) is 24.3 Å². The van der Waals surface area contributed by atoms with Crippen molar-refractivity contribution >= 4 is 5.91 Å². The minimum Gasteiger partial charge on any atom is -0.497 e. The molecule has 0 aromatic heterocycles. The van der Waals surface area contributed by atoms with Crippen molar-refractivity contribution in [3.8, 4) is 11.5 Å². The van der Waals surface area contributed by atoms with E-state index >= 15 is 0 Å². The number of piperidine rings is 1. The molecule has 0 radical (unpaired) electrons. The lowest BCUT2D eigenvalue weighted by atomic mass is 9.85. The minimum atomic E-state index is 0.148. The van der Waals surface area contributed by atoms with Crippen molar-refractivity contribution in [2.45, 2.75) is 32.6 Å². The lowest BCUT2D eigenvalue weighted by Gasteiger charge is -2.28. The average molecular weight is 334 g/mol. The molecule has 1 aliphatic heterocycles. The second-order valence-electron chi connectivity index (χ2n) is 6.52. The highest BCUT2D eigenvalue weighted by Crippen LogP contribution is 2.22. The molecular weight excluding hydrogens is 304 g/mol. The Morgan fingerprint density at radius 1 is 1.42 bits per heavy atom. The molecule has 134 valence electrons. The third kappa shape index (κ3) is 6.40. The van der Waals surface area contributed by atoms with Crippen molar-refractivity contribution in [2.24, 2.45) is 11.8 Å². The van der Waals surface area contributed by atoms with Gasteiger partial charge in [0, 0.05) is 19.0 Å². The van der Waals surface area contributed by atoms with E-state index in [2.05, 4.69) is 17.6 Å². The van der Waals surface area contributed by atoms with Crippen molar-refractivity contribution in [1.29, 1.82) is 0 Å². The van der Waals surface area contributed by atoms with E-state index in [4.69, 9.17) is 9.47 Å². The van der Waals surface area contributed by atoms with E-state index in [-0.39, 0.29) is 5.91 Å². The van der Waals surface area contributed by atoms with Gasteiger partial charge in [0.25, 0.3) is 0 Å². The Hall–Kier alpha value is -1.75. The summed E-state index contributed by atoms with van der Waals surface area (Å²) in [7, 11) is 1.64. The van der Waals surface area contributed by atoms with Crippen LogP contribution in [0.4, 0.5) is 0 Å². The zero-order valence-corrected chi connectivity index (χ0v) is 14.8. The van der Waals surface area contributed by atoms with Gasteiger partial charge in [-0.1, -0.05) is 13.0 Å². The lowest BCUT2D eigenvalue weighted by molar-refractivity contribution is -0.122. The molecule has 1 heterocycles. The molecule has 5 heteroatoms. The summed E-state index contributed by atoms with van der Waals surface area (Å²) in [6, 6.07) is 7.55. The number of carbonyl (C=O) groups excluding carboxylic acids is 1. The van der Waals surface area contributed by atoms with Crippen LogP contribution in [-0.2, 0) is 4.79 Å². The topological polar surface area (TPSA) is 59.6 Å². The van der Waals surface area contributed by atoms with E-state index in [1.54, 1.807) is 7.11 Å². The standard InChI is InChI=1S/C19H30N2O3/c1-15(16-6-4-9-20-14-16)12-19(22)21-10-5-11-24-18-8-3-7-17(13-18)23-2/h3,7-8,13,15-16,20H,4-6,9-12,14H2,1-2H3,(H,21,22). The molecule has 1 aliphatic rings. The van der Waals surface area contributed by atoms with Gasteiger partial charge in [0.05, 0.1) is 13.7 Å². The highest BCUT2D eigenvalue weighted by Gasteiger charge is 2.21. The van der Waals surface area contributed by atoms with Crippen LogP contribution in [0.3, 0.4) is 0 Å². The first-order chi connectivity index (χ1) is 11.7. The van der Waals surface area contributed by atoms with Crippen LogP contribution >= 0.6 is 0 Å². The van der Waals surface area contributed by atoms with Gasteiger partial charge >= 0.3 is 0 Å². The molecule has 2 rings (SSSR count). The Morgan fingerprint density at radius 3 is 3.00 bits per heavy atom. The van der Waals surface area contributed by atoms with Crippen LogP contribution in [0.15, 0.2) is 24.3 Å². The maximum absolute atomic E-state index is 12.0. The molecule has 24 heavy (non-hydrogen) atoms. The second kappa shape index (κ2) is 10.2. The largest absolute Gasteiger partial charge is 0.497 e. The second-order valence-corrected chi connectivity index (χ2v) is 6.52. The van der Waals surface area contributed by atoms with Crippen molar-refractivity contribution in [3.63, 3.8) is 0 Å². The van der Waals surface area contributed by atoms with Crippen LogP contribution in [0.2, 0.25) is 0 Å². The predicted molar refractivity (Wildman–Crippen MR) is 95.5 cm³/mol. The Balaban J connectivity index is 1.57. The quantitative estimate of drug-likeness (QED) is 0.682. The molecule has 1 aromatic rings. The van der Waals surface area contributed by atoms with Crippen molar-refractivity contribution in [3.05, 3.63) is 24.3 Å². The molecule has 0 saturated carbocycles.